The van der Waals surface area contributed by atoms with Crippen molar-refractivity contribution in [2.45, 2.75) is 0 Å². The van der Waals surface area contributed by atoms with Gasteiger partial charge in [0, 0.05) is 33.4 Å². The Labute approximate surface area is 225 Å². The van der Waals surface area contributed by atoms with Crippen LogP contribution in [0.3, 0.4) is 0 Å². The van der Waals surface area contributed by atoms with E-state index >= 15 is 0 Å². The Balaban J connectivity index is 1.15. The summed E-state index contributed by atoms with van der Waals surface area (Å²) < 4.78 is 0. The summed E-state index contributed by atoms with van der Waals surface area (Å²) in [7, 11) is 0. The van der Waals surface area contributed by atoms with Crippen LogP contribution in [0.25, 0.3) is 67.5 Å². The minimum atomic E-state index is 0.882. The largest absolute Gasteiger partial charge is 0.277 e. The molecule has 0 aliphatic rings. The number of benzene rings is 4. The van der Waals surface area contributed by atoms with E-state index in [1.165, 1.54) is 0 Å². The second-order valence-electron chi connectivity index (χ2n) is 9.39. The van der Waals surface area contributed by atoms with Crippen LogP contribution in [0, 0.1) is 0 Å². The first-order valence-corrected chi connectivity index (χ1v) is 12.8. The van der Waals surface area contributed by atoms with Crippen LogP contribution in [0.2, 0.25) is 0 Å². The molecule has 0 saturated carbocycles. The highest BCUT2D eigenvalue weighted by Gasteiger charge is 2.11. The van der Waals surface area contributed by atoms with E-state index in [1.54, 1.807) is 0 Å². The van der Waals surface area contributed by atoms with Gasteiger partial charge in [-0.3, -0.25) is 15.3 Å². The summed E-state index contributed by atoms with van der Waals surface area (Å²) in [5.41, 5.74) is 12.0. The molecule has 3 aromatic heterocycles. The Morgan fingerprint density at radius 2 is 0.641 bits per heavy atom. The molecule has 0 atom stereocenters. The lowest BCUT2D eigenvalue weighted by Crippen LogP contribution is -1.82. The number of rotatable bonds is 6. The van der Waals surface area contributed by atoms with Gasteiger partial charge in [-0.2, -0.15) is 15.3 Å². The number of nitrogens with zero attached hydrogens (tertiary/aromatic N) is 3. The van der Waals surface area contributed by atoms with Crippen LogP contribution in [0.4, 0.5) is 0 Å². The van der Waals surface area contributed by atoms with Crippen LogP contribution in [0.15, 0.2) is 127 Å². The quantitative estimate of drug-likeness (QED) is 0.215. The lowest BCUT2D eigenvalue weighted by atomic mass is 10.0. The molecule has 0 radical (unpaired) electrons. The van der Waals surface area contributed by atoms with E-state index in [4.69, 9.17) is 0 Å². The van der Waals surface area contributed by atoms with Gasteiger partial charge >= 0.3 is 0 Å². The third-order valence-electron chi connectivity index (χ3n) is 6.83. The summed E-state index contributed by atoms with van der Waals surface area (Å²) >= 11 is 0. The molecule has 3 heterocycles. The molecule has 7 aromatic rings. The normalized spacial score (nSPS) is 11.1. The third kappa shape index (κ3) is 4.55. The molecule has 0 saturated heterocycles. The molecule has 39 heavy (non-hydrogen) atoms. The molecule has 0 fully saturated rings. The van der Waals surface area contributed by atoms with Crippen LogP contribution in [-0.4, -0.2) is 30.6 Å². The SMILES string of the molecule is c1ccc(-c2cc(-c3cccc(-c4cc(-c5cccc(-c6cc(-c7ccccc7)n[nH]6)c5)[nH]n4)c3)[nH]n2)cc1. The van der Waals surface area contributed by atoms with Crippen molar-refractivity contribution in [2.24, 2.45) is 0 Å². The molecule has 6 nitrogen and oxygen atoms in total. The number of H-pyrrole nitrogens is 3. The average molecular weight is 505 g/mol. The second-order valence-corrected chi connectivity index (χ2v) is 9.39. The Hall–Kier alpha value is -5.49. The van der Waals surface area contributed by atoms with Gasteiger partial charge in [-0.05, 0) is 30.3 Å². The van der Waals surface area contributed by atoms with Gasteiger partial charge in [-0.15, -0.1) is 0 Å². The van der Waals surface area contributed by atoms with Gasteiger partial charge in [0.2, 0.25) is 0 Å². The zero-order valence-corrected chi connectivity index (χ0v) is 21.0. The minimum absolute atomic E-state index is 0.882. The zero-order chi connectivity index (χ0) is 26.0. The lowest BCUT2D eigenvalue weighted by Gasteiger charge is -2.02. The maximum atomic E-state index is 4.63. The van der Waals surface area contributed by atoms with Gasteiger partial charge in [0.25, 0.3) is 0 Å². The average Bonchev–Trinajstić information content (AvgIpc) is 3.80. The first-order chi connectivity index (χ1) is 19.3. The molecule has 0 aliphatic carbocycles. The maximum absolute atomic E-state index is 4.63. The number of hydrogen-bond acceptors (Lipinski definition) is 3. The number of aromatic amines is 3. The van der Waals surface area contributed by atoms with Crippen LogP contribution >= 0.6 is 0 Å². The van der Waals surface area contributed by atoms with Crippen LogP contribution in [0.1, 0.15) is 0 Å². The maximum Gasteiger partial charge on any atom is 0.0927 e. The summed E-state index contributed by atoms with van der Waals surface area (Å²) in [6.45, 7) is 0. The fourth-order valence-electron chi connectivity index (χ4n) is 4.77. The van der Waals surface area contributed by atoms with Gasteiger partial charge < -0.3 is 0 Å². The first kappa shape index (κ1) is 22.7. The van der Waals surface area contributed by atoms with Gasteiger partial charge in [0.05, 0.1) is 34.2 Å². The van der Waals surface area contributed by atoms with E-state index in [-0.39, 0.29) is 0 Å². The van der Waals surface area contributed by atoms with Crippen LogP contribution in [0.5, 0.6) is 0 Å². The highest BCUT2D eigenvalue weighted by molar-refractivity contribution is 5.77. The summed E-state index contributed by atoms with van der Waals surface area (Å²) in [5.74, 6) is 0. The topological polar surface area (TPSA) is 86.0 Å². The monoisotopic (exact) mass is 504 g/mol. The zero-order valence-electron chi connectivity index (χ0n) is 21.0. The predicted octanol–water partition coefficient (Wildman–Crippen LogP) is 7.86. The summed E-state index contributed by atoms with van der Waals surface area (Å²) in [4.78, 5) is 0. The van der Waals surface area contributed by atoms with Crippen molar-refractivity contribution in [3.63, 3.8) is 0 Å². The van der Waals surface area contributed by atoms with Gasteiger partial charge in [0.1, 0.15) is 0 Å². The van der Waals surface area contributed by atoms with Gasteiger partial charge in [-0.25, -0.2) is 0 Å². The molecule has 6 heteroatoms. The molecule has 0 bridgehead atoms. The molecule has 3 N–H and O–H groups in total. The van der Waals surface area contributed by atoms with E-state index in [2.05, 4.69) is 116 Å². The summed E-state index contributed by atoms with van der Waals surface area (Å²) in [6, 6.07) is 43.3. The molecular weight excluding hydrogens is 480 g/mol. The first-order valence-electron chi connectivity index (χ1n) is 12.8. The highest BCUT2D eigenvalue weighted by Crippen LogP contribution is 2.31. The van der Waals surface area contributed by atoms with E-state index in [1.807, 2.05) is 42.5 Å². The molecule has 186 valence electrons. The molecular formula is C33H24N6. The summed E-state index contributed by atoms with van der Waals surface area (Å²) in [6.07, 6.45) is 0. The molecule has 0 aliphatic heterocycles. The lowest BCUT2D eigenvalue weighted by molar-refractivity contribution is 1.09. The fourth-order valence-corrected chi connectivity index (χ4v) is 4.77. The Kier molecular flexibility index (Phi) is 5.68. The molecule has 0 spiro atoms. The summed E-state index contributed by atoms with van der Waals surface area (Å²) in [5, 5.41) is 23.2. The van der Waals surface area contributed by atoms with E-state index in [9.17, 15) is 0 Å². The van der Waals surface area contributed by atoms with Crippen LogP contribution < -0.4 is 0 Å². The number of hydrogen-bond donors (Lipinski definition) is 3. The third-order valence-corrected chi connectivity index (χ3v) is 6.83. The van der Waals surface area contributed by atoms with Gasteiger partial charge in [-0.1, -0.05) is 97.1 Å². The standard InChI is InChI=1S/C33H24N6/c1-3-9-22(10-4-1)28-19-30(36-34-28)24-13-7-15-26(17-24)32-21-33(39-38-32)27-16-8-14-25(18-27)31-20-29(35-37-31)23-11-5-2-6-12-23/h1-21H,(H,34,36)(H,35,37)(H,38,39). The van der Waals surface area contributed by atoms with Crippen molar-refractivity contribution in [1.82, 2.24) is 30.6 Å². The molecule has 4 aromatic carbocycles. The number of nitrogens with one attached hydrogen (secondary N) is 3. The second kappa shape index (κ2) is 9.76. The highest BCUT2D eigenvalue weighted by atomic mass is 15.1. The molecule has 7 rings (SSSR count). The predicted molar refractivity (Wildman–Crippen MR) is 155 cm³/mol. The molecule has 0 unspecified atom stereocenters. The van der Waals surface area contributed by atoms with Crippen molar-refractivity contribution >= 4 is 0 Å². The Morgan fingerprint density at radius 1 is 0.308 bits per heavy atom. The Bertz CT molecular complexity index is 1730. The number of aromatic nitrogens is 6. The van der Waals surface area contributed by atoms with E-state index in [0.717, 1.165) is 67.5 Å². The van der Waals surface area contributed by atoms with Crippen molar-refractivity contribution in [3.8, 4) is 67.5 Å². The smallest absolute Gasteiger partial charge is 0.0927 e. The van der Waals surface area contributed by atoms with Crippen molar-refractivity contribution in [1.29, 1.82) is 0 Å². The molecule has 0 amide bonds. The van der Waals surface area contributed by atoms with Crippen molar-refractivity contribution < 1.29 is 0 Å². The Morgan fingerprint density at radius 3 is 1.08 bits per heavy atom. The van der Waals surface area contributed by atoms with E-state index in [0.29, 0.717) is 0 Å². The fraction of sp³-hybridized carbons (Fsp3) is 0. The van der Waals surface area contributed by atoms with Crippen LogP contribution in [-0.2, 0) is 0 Å². The van der Waals surface area contributed by atoms with Crippen molar-refractivity contribution in [3.05, 3.63) is 127 Å². The van der Waals surface area contributed by atoms with E-state index < -0.39 is 0 Å². The van der Waals surface area contributed by atoms with Gasteiger partial charge in [0.15, 0.2) is 0 Å². The van der Waals surface area contributed by atoms with Crippen molar-refractivity contribution in [2.75, 3.05) is 0 Å². The minimum Gasteiger partial charge on any atom is -0.277 e.